The Morgan fingerprint density at radius 3 is 2.52 bits per heavy atom. The largest absolute Gasteiger partial charge is 0.535 e. The smallest absolute Gasteiger partial charge is 0.526 e. The number of aromatic carboxylic acids is 1. The summed E-state index contributed by atoms with van der Waals surface area (Å²) in [5, 5.41) is 42.3. The number of nitrogens with zero attached hydrogens (tertiary/aromatic N) is 2. The summed E-state index contributed by atoms with van der Waals surface area (Å²) < 4.78 is 5.54. The lowest BCUT2D eigenvalue weighted by molar-refractivity contribution is -0.153. The van der Waals surface area contributed by atoms with Gasteiger partial charge in [-0.1, -0.05) is 36.7 Å². The quantitative estimate of drug-likeness (QED) is 0.170. The normalized spacial score (nSPS) is 17.4. The number of urea groups is 1. The van der Waals surface area contributed by atoms with Gasteiger partial charge in [0.2, 0.25) is 0 Å². The number of rotatable bonds is 8. The molecule has 42 heavy (non-hydrogen) atoms. The zero-order valence-electron chi connectivity index (χ0n) is 22.8. The van der Waals surface area contributed by atoms with Crippen LogP contribution in [-0.4, -0.2) is 86.5 Å². The average Bonchev–Trinajstić information content (AvgIpc) is 2.93. The molecule has 2 aliphatic heterocycles. The Hall–Kier alpha value is -4.30. The van der Waals surface area contributed by atoms with Crippen molar-refractivity contribution in [2.75, 3.05) is 19.6 Å². The van der Waals surface area contributed by atoms with Crippen LogP contribution in [-0.2, 0) is 20.8 Å². The molecule has 4 rings (SSSR count). The van der Waals surface area contributed by atoms with Gasteiger partial charge in [-0.3, -0.25) is 19.3 Å². The second-order valence-corrected chi connectivity index (χ2v) is 10.5. The van der Waals surface area contributed by atoms with Gasteiger partial charge in [-0.2, -0.15) is 0 Å². The van der Waals surface area contributed by atoms with Crippen molar-refractivity contribution >= 4 is 48.3 Å². The maximum absolute atomic E-state index is 13.7. The highest BCUT2D eigenvalue weighted by Gasteiger charge is 2.42. The van der Waals surface area contributed by atoms with Crippen LogP contribution in [0.5, 0.6) is 17.2 Å². The molecule has 2 heterocycles. The van der Waals surface area contributed by atoms with Gasteiger partial charge < -0.3 is 35.2 Å². The van der Waals surface area contributed by atoms with Crippen LogP contribution in [0.2, 0.25) is 10.8 Å². The van der Waals surface area contributed by atoms with E-state index in [1.54, 1.807) is 19.1 Å². The highest BCUT2D eigenvalue weighted by atomic mass is 35.5. The van der Waals surface area contributed by atoms with Crippen molar-refractivity contribution in [1.29, 1.82) is 0 Å². The molecule has 1 saturated heterocycles. The van der Waals surface area contributed by atoms with Crippen molar-refractivity contribution < 1.29 is 49.0 Å². The SMILES string of the molecule is CCCN1CCN(C(=O)NC(C(=O)C[C@H]2Cc3ccc(C)c(C(=O)O)c3OB2O)c2ccc(O)c(O)c2Cl)C(=O)C1=O. The molecule has 15 heteroatoms. The third-order valence-corrected chi connectivity index (χ3v) is 7.72. The summed E-state index contributed by atoms with van der Waals surface area (Å²) in [4.78, 5) is 65.8. The Balaban J connectivity index is 1.61. The number of ketones is 1. The molecule has 1 unspecified atom stereocenters. The lowest BCUT2D eigenvalue weighted by Gasteiger charge is -2.33. The van der Waals surface area contributed by atoms with Crippen molar-refractivity contribution in [1.82, 2.24) is 15.1 Å². The van der Waals surface area contributed by atoms with E-state index in [9.17, 15) is 44.3 Å². The predicted octanol–water partition coefficient (Wildman–Crippen LogP) is 2.03. The zero-order chi connectivity index (χ0) is 30.9. The second kappa shape index (κ2) is 12.3. The average molecular weight is 602 g/mol. The molecule has 2 aliphatic rings. The van der Waals surface area contributed by atoms with Gasteiger partial charge in [0.05, 0.1) is 5.02 Å². The van der Waals surface area contributed by atoms with Gasteiger partial charge in [-0.05, 0) is 37.0 Å². The van der Waals surface area contributed by atoms with E-state index in [-0.39, 0.29) is 36.4 Å². The summed E-state index contributed by atoms with van der Waals surface area (Å²) in [6.45, 7) is 3.74. The fourth-order valence-electron chi connectivity index (χ4n) is 5.11. The van der Waals surface area contributed by atoms with E-state index in [0.717, 1.165) is 6.07 Å². The van der Waals surface area contributed by atoms with Crippen LogP contribution in [0.15, 0.2) is 24.3 Å². The van der Waals surface area contributed by atoms with E-state index in [1.165, 1.54) is 11.0 Å². The molecule has 0 aromatic heterocycles. The van der Waals surface area contributed by atoms with Crippen LogP contribution < -0.4 is 9.97 Å². The third kappa shape index (κ3) is 5.85. The van der Waals surface area contributed by atoms with Gasteiger partial charge in [-0.15, -0.1) is 0 Å². The standard InChI is InChI=1S/C27H29BClN3O10/c1-3-8-31-9-10-32(25(37)24(31)36)27(40)30-21(16-6-7-17(33)22(35)20(16)29)18(34)12-15-11-14-5-4-13(2)19(26(38)39)23(14)42-28(15)41/h4-7,15,21,33,35,41H,3,8-12H2,1-2H3,(H,30,40)(H,38,39)/t15-,21?/m1/s1. The number of carbonyl (C=O) groups excluding carboxylic acids is 4. The van der Waals surface area contributed by atoms with Crippen LogP contribution in [0.25, 0.3) is 0 Å². The van der Waals surface area contributed by atoms with Gasteiger partial charge in [0.15, 0.2) is 17.3 Å². The summed E-state index contributed by atoms with van der Waals surface area (Å²) in [7, 11) is -1.58. The molecule has 222 valence electrons. The summed E-state index contributed by atoms with van der Waals surface area (Å²) in [6, 6.07) is 2.86. The molecule has 0 bridgehead atoms. The summed E-state index contributed by atoms with van der Waals surface area (Å²) in [6.07, 6.45) is 0.268. The van der Waals surface area contributed by atoms with Crippen molar-refractivity contribution in [2.24, 2.45) is 0 Å². The van der Waals surface area contributed by atoms with Gasteiger partial charge >= 0.3 is 30.9 Å². The Morgan fingerprint density at radius 1 is 1.14 bits per heavy atom. The number of aromatic hydroxyl groups is 2. The topological polar surface area (TPSA) is 194 Å². The lowest BCUT2D eigenvalue weighted by atomic mass is 9.64. The first-order chi connectivity index (χ1) is 19.8. The number of amides is 4. The third-order valence-electron chi connectivity index (χ3n) is 7.32. The molecule has 4 amide bonds. The Labute approximate surface area is 245 Å². The minimum absolute atomic E-state index is 0.000415. The minimum Gasteiger partial charge on any atom is -0.535 e. The number of Topliss-reactive ketones (excluding diaryl/α,β-unsaturated/α-hetero) is 1. The summed E-state index contributed by atoms with van der Waals surface area (Å²) >= 11 is 6.23. The lowest BCUT2D eigenvalue weighted by Crippen LogP contribution is -2.59. The monoisotopic (exact) mass is 601 g/mol. The van der Waals surface area contributed by atoms with E-state index < -0.39 is 71.5 Å². The van der Waals surface area contributed by atoms with Gasteiger partial charge in [0.25, 0.3) is 0 Å². The summed E-state index contributed by atoms with van der Waals surface area (Å²) in [5.74, 6) is -6.08. The van der Waals surface area contributed by atoms with E-state index in [4.69, 9.17) is 16.3 Å². The van der Waals surface area contributed by atoms with E-state index >= 15 is 0 Å². The Bertz CT molecular complexity index is 1470. The number of nitrogens with one attached hydrogen (secondary N) is 1. The molecular formula is C27H29BClN3O10. The highest BCUT2D eigenvalue weighted by molar-refractivity contribution is 6.47. The number of carboxylic acid groups (broad SMARTS) is 1. The Morgan fingerprint density at radius 2 is 1.86 bits per heavy atom. The number of carbonyl (C=O) groups is 5. The molecule has 0 radical (unpaired) electrons. The van der Waals surface area contributed by atoms with Crippen LogP contribution in [0.3, 0.4) is 0 Å². The molecule has 2 aromatic carbocycles. The fourth-order valence-corrected chi connectivity index (χ4v) is 5.38. The number of hydrogen-bond donors (Lipinski definition) is 5. The Kier molecular flexibility index (Phi) is 8.97. The molecule has 0 saturated carbocycles. The van der Waals surface area contributed by atoms with Crippen molar-refractivity contribution in [2.45, 2.75) is 45.0 Å². The molecule has 0 spiro atoms. The number of phenols is 2. The van der Waals surface area contributed by atoms with Gasteiger partial charge in [0.1, 0.15) is 17.4 Å². The van der Waals surface area contributed by atoms with Crippen LogP contribution in [0, 0.1) is 6.92 Å². The van der Waals surface area contributed by atoms with Crippen LogP contribution in [0.4, 0.5) is 4.79 Å². The number of imide groups is 1. The molecule has 0 aliphatic carbocycles. The number of hydrogen-bond acceptors (Lipinski definition) is 9. The van der Waals surface area contributed by atoms with Crippen molar-refractivity contribution in [3.63, 3.8) is 0 Å². The first-order valence-corrected chi connectivity index (χ1v) is 13.6. The van der Waals surface area contributed by atoms with Crippen molar-refractivity contribution in [3.8, 4) is 17.2 Å². The summed E-state index contributed by atoms with van der Waals surface area (Å²) in [5.41, 5.74) is 0.669. The van der Waals surface area contributed by atoms with Gasteiger partial charge in [0, 0.05) is 37.4 Å². The van der Waals surface area contributed by atoms with E-state index in [0.29, 0.717) is 29.0 Å². The van der Waals surface area contributed by atoms with Gasteiger partial charge in [-0.25, -0.2) is 9.59 Å². The number of phenolic OH excluding ortho intramolecular Hbond substituents is 2. The van der Waals surface area contributed by atoms with Crippen LogP contribution >= 0.6 is 11.6 Å². The maximum Gasteiger partial charge on any atom is 0.526 e. The first kappa shape index (κ1) is 30.7. The number of carboxylic acids is 1. The van der Waals surface area contributed by atoms with Crippen molar-refractivity contribution in [3.05, 3.63) is 51.5 Å². The molecule has 13 nitrogen and oxygen atoms in total. The number of benzene rings is 2. The minimum atomic E-state index is -1.58. The molecule has 5 N–H and O–H groups in total. The molecular weight excluding hydrogens is 573 g/mol. The molecule has 1 fully saturated rings. The maximum atomic E-state index is 13.7. The van der Waals surface area contributed by atoms with E-state index in [1.807, 2.05) is 6.92 Å². The second-order valence-electron chi connectivity index (χ2n) is 10.2. The molecule has 2 atom stereocenters. The zero-order valence-corrected chi connectivity index (χ0v) is 23.6. The van der Waals surface area contributed by atoms with E-state index in [2.05, 4.69) is 5.32 Å². The molecule has 2 aromatic rings. The number of piperazine rings is 1. The number of fused-ring (bicyclic) bond motifs is 1. The van der Waals surface area contributed by atoms with Crippen LogP contribution in [0.1, 0.15) is 52.9 Å². The fraction of sp³-hybridized carbons (Fsp3) is 0.370. The number of aryl methyl sites for hydroxylation is 1. The number of halogens is 1. The first-order valence-electron chi connectivity index (χ1n) is 13.2. The highest BCUT2D eigenvalue weighted by Crippen LogP contribution is 2.41. The predicted molar refractivity (Wildman–Crippen MR) is 148 cm³/mol.